The number of carbonyl (C=O) groups excluding carboxylic acids is 1. The number of carbonyl (C=O) groups is 1. The third-order valence-electron chi connectivity index (χ3n) is 4.43. The number of hydrogen-bond acceptors (Lipinski definition) is 4. The van der Waals surface area contributed by atoms with Crippen molar-refractivity contribution in [3.05, 3.63) is 83.5 Å². The van der Waals surface area contributed by atoms with Crippen molar-refractivity contribution in [1.82, 2.24) is 4.98 Å². The summed E-state index contributed by atoms with van der Waals surface area (Å²) in [5.74, 6) is 1.39. The summed E-state index contributed by atoms with van der Waals surface area (Å²) in [4.78, 5) is 16.8. The zero-order valence-electron chi connectivity index (χ0n) is 13.9. The minimum atomic E-state index is -0.548. The van der Waals surface area contributed by atoms with E-state index in [1.54, 1.807) is 48.7 Å². The number of ether oxygens (including phenoxy) is 2. The van der Waals surface area contributed by atoms with Gasteiger partial charge in [0.2, 0.25) is 5.88 Å². The third kappa shape index (κ3) is 3.41. The summed E-state index contributed by atoms with van der Waals surface area (Å²) in [7, 11) is 0. The number of nitrogens with zero attached hydrogens (tertiary/aromatic N) is 1. The highest BCUT2D eigenvalue weighted by molar-refractivity contribution is 6.30. The van der Waals surface area contributed by atoms with E-state index in [0.29, 0.717) is 22.4 Å². The number of hydrogen-bond donors (Lipinski definition) is 0. The van der Waals surface area contributed by atoms with Crippen molar-refractivity contribution in [2.24, 2.45) is 0 Å². The second-order valence-corrected chi connectivity index (χ2v) is 6.66. The lowest BCUT2D eigenvalue weighted by Crippen LogP contribution is -2.25. The molecule has 3 aromatic rings. The van der Waals surface area contributed by atoms with E-state index in [1.807, 2.05) is 24.3 Å². The van der Waals surface area contributed by atoms with Crippen molar-refractivity contribution in [3.8, 4) is 17.4 Å². The first-order valence-corrected chi connectivity index (χ1v) is 8.71. The maximum Gasteiger partial charge on any atom is 0.321 e. The molecule has 1 fully saturated rings. The van der Waals surface area contributed by atoms with Gasteiger partial charge in [0, 0.05) is 17.3 Å². The summed E-state index contributed by atoms with van der Waals surface area (Å²) < 4.78 is 11.2. The molecule has 4 rings (SSSR count). The van der Waals surface area contributed by atoms with E-state index in [-0.39, 0.29) is 5.97 Å². The van der Waals surface area contributed by atoms with Crippen LogP contribution in [0.5, 0.6) is 17.4 Å². The van der Waals surface area contributed by atoms with Gasteiger partial charge in [-0.15, -0.1) is 0 Å². The van der Waals surface area contributed by atoms with Gasteiger partial charge in [-0.2, -0.15) is 0 Å². The van der Waals surface area contributed by atoms with Crippen molar-refractivity contribution in [3.63, 3.8) is 0 Å². The average molecular weight is 366 g/mol. The largest absolute Gasteiger partial charge is 0.439 e. The van der Waals surface area contributed by atoms with Crippen LogP contribution in [0.15, 0.2) is 72.9 Å². The third-order valence-corrected chi connectivity index (χ3v) is 4.68. The smallest absolute Gasteiger partial charge is 0.321 e. The molecule has 4 nitrogen and oxygen atoms in total. The zero-order chi connectivity index (χ0) is 18.0. The molecule has 1 aliphatic carbocycles. The molecular formula is C21H16ClNO3. The molecule has 1 aromatic heterocycles. The van der Waals surface area contributed by atoms with E-state index in [0.717, 1.165) is 18.4 Å². The van der Waals surface area contributed by atoms with Gasteiger partial charge < -0.3 is 9.47 Å². The predicted molar refractivity (Wildman–Crippen MR) is 98.8 cm³/mol. The molecule has 1 aliphatic rings. The second-order valence-electron chi connectivity index (χ2n) is 6.22. The van der Waals surface area contributed by atoms with Crippen LogP contribution in [0.4, 0.5) is 0 Å². The molecule has 2 aromatic carbocycles. The Morgan fingerprint density at radius 1 is 0.923 bits per heavy atom. The number of esters is 1. The van der Waals surface area contributed by atoms with Gasteiger partial charge in [-0.3, -0.25) is 4.79 Å². The fourth-order valence-corrected chi connectivity index (χ4v) is 2.94. The zero-order valence-corrected chi connectivity index (χ0v) is 14.6. The van der Waals surface area contributed by atoms with Gasteiger partial charge in [-0.05, 0) is 60.9 Å². The normalized spacial score (nSPS) is 14.5. The van der Waals surface area contributed by atoms with Crippen molar-refractivity contribution in [1.29, 1.82) is 0 Å². The average Bonchev–Trinajstić information content (AvgIpc) is 3.47. The maximum atomic E-state index is 12.7. The first-order valence-electron chi connectivity index (χ1n) is 8.33. The predicted octanol–water partition coefficient (Wildman–Crippen LogP) is 5.16. The first kappa shape index (κ1) is 16.6. The molecule has 26 heavy (non-hydrogen) atoms. The summed E-state index contributed by atoms with van der Waals surface area (Å²) in [6.07, 6.45) is 3.24. The van der Waals surface area contributed by atoms with Gasteiger partial charge >= 0.3 is 5.97 Å². The summed E-state index contributed by atoms with van der Waals surface area (Å²) in [6, 6.07) is 19.8. The van der Waals surface area contributed by atoms with E-state index < -0.39 is 5.41 Å². The lowest BCUT2D eigenvalue weighted by atomic mass is 9.96. The van der Waals surface area contributed by atoms with Crippen molar-refractivity contribution < 1.29 is 14.3 Å². The molecule has 5 heteroatoms. The number of rotatable bonds is 5. The van der Waals surface area contributed by atoms with E-state index in [9.17, 15) is 4.79 Å². The number of halogens is 1. The molecule has 1 heterocycles. The van der Waals surface area contributed by atoms with Crippen LogP contribution >= 0.6 is 11.6 Å². The molecule has 1 saturated carbocycles. The quantitative estimate of drug-likeness (QED) is 0.462. The lowest BCUT2D eigenvalue weighted by molar-refractivity contribution is -0.137. The Morgan fingerprint density at radius 3 is 2.23 bits per heavy atom. The van der Waals surface area contributed by atoms with Crippen molar-refractivity contribution in [2.75, 3.05) is 0 Å². The van der Waals surface area contributed by atoms with Crippen molar-refractivity contribution >= 4 is 17.6 Å². The summed E-state index contributed by atoms with van der Waals surface area (Å²) in [5.41, 5.74) is 0.398. The lowest BCUT2D eigenvalue weighted by Gasteiger charge is -2.15. The summed E-state index contributed by atoms with van der Waals surface area (Å²) in [6.45, 7) is 0. The molecule has 0 N–H and O–H groups in total. The maximum absolute atomic E-state index is 12.7. The van der Waals surface area contributed by atoms with Crippen LogP contribution in [-0.4, -0.2) is 11.0 Å². The fourth-order valence-electron chi connectivity index (χ4n) is 2.81. The molecule has 0 atom stereocenters. The summed E-state index contributed by atoms with van der Waals surface area (Å²) in [5, 5.41) is 0.654. The fraction of sp³-hybridized carbons (Fsp3) is 0.143. The summed E-state index contributed by atoms with van der Waals surface area (Å²) >= 11 is 5.93. The van der Waals surface area contributed by atoms with Crippen LogP contribution in [-0.2, 0) is 10.2 Å². The standard InChI is InChI=1S/C21H16ClNO3/c22-16-6-4-15(5-7-16)21(12-13-21)20(24)26-18-10-8-17(9-11-18)25-19-3-1-2-14-23-19/h1-11,14H,12-13H2. The molecule has 0 saturated heterocycles. The number of aromatic nitrogens is 1. The highest BCUT2D eigenvalue weighted by Gasteiger charge is 2.53. The Labute approximate surface area is 156 Å². The minimum absolute atomic E-state index is 0.238. The highest BCUT2D eigenvalue weighted by Crippen LogP contribution is 2.49. The molecule has 0 spiro atoms. The molecule has 0 bridgehead atoms. The van der Waals surface area contributed by atoms with Crippen molar-refractivity contribution in [2.45, 2.75) is 18.3 Å². The number of benzene rings is 2. The molecule has 0 amide bonds. The molecule has 0 unspecified atom stereocenters. The van der Waals surface area contributed by atoms with E-state index in [2.05, 4.69) is 4.98 Å². The van der Waals surface area contributed by atoms with E-state index >= 15 is 0 Å². The Balaban J connectivity index is 1.44. The van der Waals surface area contributed by atoms with Crippen LogP contribution in [0, 0.1) is 0 Å². The van der Waals surface area contributed by atoms with Gasteiger partial charge in [0.1, 0.15) is 11.5 Å². The highest BCUT2D eigenvalue weighted by atomic mass is 35.5. The van der Waals surface area contributed by atoms with Crippen LogP contribution in [0.2, 0.25) is 5.02 Å². The molecular weight excluding hydrogens is 350 g/mol. The Morgan fingerprint density at radius 2 is 1.62 bits per heavy atom. The topological polar surface area (TPSA) is 48.4 Å². The molecule has 0 radical (unpaired) electrons. The van der Waals surface area contributed by atoms with Gasteiger partial charge in [-0.25, -0.2) is 4.98 Å². The van der Waals surface area contributed by atoms with Gasteiger partial charge in [0.05, 0.1) is 5.41 Å². The van der Waals surface area contributed by atoms with Gasteiger partial charge in [0.25, 0.3) is 0 Å². The van der Waals surface area contributed by atoms with Gasteiger partial charge in [0.15, 0.2) is 0 Å². The minimum Gasteiger partial charge on any atom is -0.439 e. The van der Waals surface area contributed by atoms with Crippen LogP contribution in [0.1, 0.15) is 18.4 Å². The molecule has 0 aliphatic heterocycles. The van der Waals surface area contributed by atoms with Gasteiger partial charge in [-0.1, -0.05) is 29.8 Å². The Kier molecular flexibility index (Phi) is 4.35. The second kappa shape index (κ2) is 6.81. The van der Waals surface area contributed by atoms with Crippen LogP contribution < -0.4 is 9.47 Å². The first-order chi connectivity index (χ1) is 12.7. The van der Waals surface area contributed by atoms with Crippen LogP contribution in [0.25, 0.3) is 0 Å². The van der Waals surface area contributed by atoms with E-state index in [4.69, 9.17) is 21.1 Å². The van der Waals surface area contributed by atoms with Crippen LogP contribution in [0.3, 0.4) is 0 Å². The Hall–Kier alpha value is -2.85. The Bertz CT molecular complexity index is 904. The monoisotopic (exact) mass is 365 g/mol. The number of pyridine rings is 1. The molecule has 130 valence electrons. The van der Waals surface area contributed by atoms with E-state index in [1.165, 1.54) is 0 Å². The SMILES string of the molecule is O=C(Oc1ccc(Oc2ccccn2)cc1)C1(c2ccc(Cl)cc2)CC1.